The second-order valence-corrected chi connectivity index (χ2v) is 10.7. The van der Waals surface area contributed by atoms with Gasteiger partial charge in [0.05, 0.1) is 37.9 Å². The normalized spacial score (nSPS) is 13.7. The lowest BCUT2D eigenvalue weighted by molar-refractivity contribution is -0.141. The SMILES string of the molecule is CCNC(=O)Nc1ncc(-c2cncc(C(=O)OC)c2)c(-c2nc(C(F)(F)F)c(CNCCN3CCOCC3)s2)c1C(=O)OC. The molecule has 13 nitrogen and oxygen atoms in total. The molecule has 0 aliphatic carbocycles. The molecule has 0 unspecified atom stereocenters. The number of nitrogens with one attached hydrogen (secondary N) is 3. The van der Waals surface area contributed by atoms with Crippen molar-refractivity contribution in [1.29, 1.82) is 0 Å². The molecule has 0 bridgehead atoms. The molecule has 17 heteroatoms. The molecular formula is C28H32F3N7O6S. The van der Waals surface area contributed by atoms with Crippen molar-refractivity contribution in [2.24, 2.45) is 0 Å². The Labute approximate surface area is 260 Å². The summed E-state index contributed by atoms with van der Waals surface area (Å²) in [7, 11) is 2.27. The Morgan fingerprint density at radius 2 is 1.82 bits per heavy atom. The molecule has 4 rings (SSSR count). The number of rotatable bonds is 11. The highest BCUT2D eigenvalue weighted by molar-refractivity contribution is 7.15. The molecule has 3 aromatic rings. The van der Waals surface area contributed by atoms with Crippen LogP contribution in [-0.2, 0) is 26.9 Å². The van der Waals surface area contributed by atoms with Gasteiger partial charge in [-0.05, 0) is 13.0 Å². The topological polar surface area (TPSA) is 157 Å². The van der Waals surface area contributed by atoms with Gasteiger partial charge < -0.3 is 24.8 Å². The van der Waals surface area contributed by atoms with Crippen LogP contribution < -0.4 is 16.0 Å². The summed E-state index contributed by atoms with van der Waals surface area (Å²) < 4.78 is 58.0. The average molecular weight is 652 g/mol. The van der Waals surface area contributed by atoms with Crippen molar-refractivity contribution in [3.8, 4) is 21.7 Å². The van der Waals surface area contributed by atoms with E-state index >= 15 is 0 Å². The molecule has 242 valence electrons. The molecule has 2 amide bonds. The molecule has 0 aromatic carbocycles. The van der Waals surface area contributed by atoms with E-state index in [4.69, 9.17) is 14.2 Å². The Morgan fingerprint density at radius 1 is 1.09 bits per heavy atom. The van der Waals surface area contributed by atoms with Gasteiger partial charge in [-0.2, -0.15) is 13.2 Å². The number of esters is 2. The van der Waals surface area contributed by atoms with Gasteiger partial charge in [0.1, 0.15) is 16.4 Å². The number of aromatic nitrogens is 3. The Balaban J connectivity index is 1.85. The smallest absolute Gasteiger partial charge is 0.434 e. The number of thiazole rings is 1. The zero-order chi connectivity index (χ0) is 32.6. The molecule has 3 aromatic heterocycles. The molecule has 1 aliphatic rings. The number of anilines is 1. The second kappa shape index (κ2) is 15.2. The number of carbonyl (C=O) groups is 3. The number of methoxy groups -OCH3 is 2. The molecule has 1 aliphatic heterocycles. The van der Waals surface area contributed by atoms with E-state index in [1.165, 1.54) is 31.8 Å². The van der Waals surface area contributed by atoms with Gasteiger partial charge >= 0.3 is 24.1 Å². The summed E-state index contributed by atoms with van der Waals surface area (Å²) in [4.78, 5) is 52.2. The molecule has 1 saturated heterocycles. The van der Waals surface area contributed by atoms with Crippen molar-refractivity contribution >= 4 is 35.1 Å². The van der Waals surface area contributed by atoms with Crippen LogP contribution >= 0.6 is 11.3 Å². The lowest BCUT2D eigenvalue weighted by atomic mass is 9.97. The minimum atomic E-state index is -4.82. The lowest BCUT2D eigenvalue weighted by Crippen LogP contribution is -2.40. The first-order chi connectivity index (χ1) is 21.6. The average Bonchev–Trinajstić information content (AvgIpc) is 3.47. The van der Waals surface area contributed by atoms with Crippen molar-refractivity contribution in [1.82, 2.24) is 30.5 Å². The third-order valence-corrected chi connectivity index (χ3v) is 7.75. The molecule has 0 radical (unpaired) electrons. The summed E-state index contributed by atoms with van der Waals surface area (Å²) in [5.74, 6) is -1.96. The fraction of sp³-hybridized carbons (Fsp3) is 0.429. The van der Waals surface area contributed by atoms with Crippen LogP contribution in [0.25, 0.3) is 21.7 Å². The van der Waals surface area contributed by atoms with E-state index in [1.54, 1.807) is 6.92 Å². The van der Waals surface area contributed by atoms with E-state index in [1.807, 2.05) is 0 Å². The first-order valence-electron chi connectivity index (χ1n) is 13.8. The summed E-state index contributed by atoms with van der Waals surface area (Å²) in [6.45, 7) is 5.49. The number of urea groups is 1. The van der Waals surface area contributed by atoms with Gasteiger partial charge in [-0.15, -0.1) is 11.3 Å². The molecule has 4 heterocycles. The van der Waals surface area contributed by atoms with Crippen LogP contribution in [0.4, 0.5) is 23.8 Å². The van der Waals surface area contributed by atoms with Gasteiger partial charge in [-0.25, -0.2) is 24.4 Å². The van der Waals surface area contributed by atoms with E-state index in [0.717, 1.165) is 31.5 Å². The zero-order valence-electron chi connectivity index (χ0n) is 24.7. The maximum absolute atomic E-state index is 14.3. The van der Waals surface area contributed by atoms with Gasteiger partial charge in [0.15, 0.2) is 5.69 Å². The van der Waals surface area contributed by atoms with E-state index in [0.29, 0.717) is 26.3 Å². The van der Waals surface area contributed by atoms with Crippen molar-refractivity contribution in [2.45, 2.75) is 19.6 Å². The predicted octanol–water partition coefficient (Wildman–Crippen LogP) is 3.42. The van der Waals surface area contributed by atoms with Gasteiger partial charge in [-0.3, -0.25) is 15.2 Å². The maximum atomic E-state index is 14.3. The van der Waals surface area contributed by atoms with Crippen LogP contribution in [0.3, 0.4) is 0 Å². The first-order valence-corrected chi connectivity index (χ1v) is 14.7. The lowest BCUT2D eigenvalue weighted by Gasteiger charge is -2.26. The standard InChI is InChI=1S/C28H32F3N7O6S/c1-4-34-27(41)37-23-21(26(40)43-3)20(18(14-35-23)16-11-17(13-33-12-16)25(39)42-2)24-36-22(28(29,30)31)19(45-24)15-32-5-6-38-7-9-44-10-8-38/h11-14,32H,4-10,15H2,1-3H3,(H2,34,35,37,41). The largest absolute Gasteiger partial charge is 0.465 e. The summed E-state index contributed by atoms with van der Waals surface area (Å²) >= 11 is 0.726. The monoisotopic (exact) mass is 651 g/mol. The van der Waals surface area contributed by atoms with Crippen molar-refractivity contribution in [2.75, 3.05) is 65.5 Å². The van der Waals surface area contributed by atoms with Gasteiger partial charge in [0.25, 0.3) is 0 Å². The number of nitrogens with zero attached hydrogens (tertiary/aromatic N) is 4. The number of hydrogen-bond acceptors (Lipinski definition) is 12. The van der Waals surface area contributed by atoms with E-state index < -0.39 is 29.8 Å². The minimum Gasteiger partial charge on any atom is -0.465 e. The number of pyridine rings is 2. The van der Waals surface area contributed by atoms with Crippen molar-refractivity contribution in [3.63, 3.8) is 0 Å². The van der Waals surface area contributed by atoms with Gasteiger partial charge in [-0.1, -0.05) is 0 Å². The zero-order valence-corrected chi connectivity index (χ0v) is 25.6. The van der Waals surface area contributed by atoms with Crippen LogP contribution in [0.15, 0.2) is 24.7 Å². The highest BCUT2D eigenvalue weighted by atomic mass is 32.1. The number of ether oxygens (including phenoxy) is 3. The Kier molecular flexibility index (Phi) is 11.4. The minimum absolute atomic E-state index is 0.0466. The fourth-order valence-electron chi connectivity index (χ4n) is 4.54. The van der Waals surface area contributed by atoms with Crippen molar-refractivity contribution < 1.29 is 41.8 Å². The van der Waals surface area contributed by atoms with Gasteiger partial charge in [0.2, 0.25) is 0 Å². The van der Waals surface area contributed by atoms with E-state index in [2.05, 4.69) is 35.8 Å². The summed E-state index contributed by atoms with van der Waals surface area (Å²) in [5, 5.41) is 7.84. The van der Waals surface area contributed by atoms with Crippen LogP contribution in [0.2, 0.25) is 0 Å². The number of hydrogen-bond donors (Lipinski definition) is 3. The van der Waals surface area contributed by atoms with Crippen LogP contribution in [0, 0.1) is 0 Å². The third-order valence-electron chi connectivity index (χ3n) is 6.68. The number of halogens is 3. The van der Waals surface area contributed by atoms with E-state index in [-0.39, 0.29) is 56.6 Å². The first kappa shape index (κ1) is 33.7. The van der Waals surface area contributed by atoms with Crippen LogP contribution in [0.1, 0.15) is 38.2 Å². The molecule has 45 heavy (non-hydrogen) atoms. The third kappa shape index (κ3) is 8.30. The quantitative estimate of drug-likeness (QED) is 0.206. The van der Waals surface area contributed by atoms with E-state index in [9.17, 15) is 27.6 Å². The number of amides is 2. The second-order valence-electron chi connectivity index (χ2n) is 9.62. The Bertz CT molecular complexity index is 1530. The summed E-state index contributed by atoms with van der Waals surface area (Å²) in [6.07, 6.45) is -0.975. The number of carbonyl (C=O) groups excluding carboxylic acids is 3. The Morgan fingerprint density at radius 3 is 2.49 bits per heavy atom. The molecule has 0 atom stereocenters. The maximum Gasteiger partial charge on any atom is 0.434 e. The summed E-state index contributed by atoms with van der Waals surface area (Å²) in [6, 6.07) is 0.687. The van der Waals surface area contributed by atoms with Gasteiger partial charge in [0, 0.05) is 74.5 Å². The van der Waals surface area contributed by atoms with Crippen LogP contribution in [-0.4, -0.2) is 98.0 Å². The summed E-state index contributed by atoms with van der Waals surface area (Å²) in [5.41, 5.74) is -1.17. The number of morpholine rings is 1. The van der Waals surface area contributed by atoms with Crippen molar-refractivity contribution in [3.05, 3.63) is 46.4 Å². The van der Waals surface area contributed by atoms with Crippen LogP contribution in [0.5, 0.6) is 0 Å². The highest BCUT2D eigenvalue weighted by Gasteiger charge is 2.39. The fourth-order valence-corrected chi connectivity index (χ4v) is 5.66. The molecule has 3 N–H and O–H groups in total. The highest BCUT2D eigenvalue weighted by Crippen LogP contribution is 2.43. The molecule has 1 fully saturated rings. The molecule has 0 saturated carbocycles. The Hall–Kier alpha value is -4.19. The number of alkyl halides is 3. The molecule has 0 spiro atoms. The molecular weight excluding hydrogens is 619 g/mol. The predicted molar refractivity (Wildman–Crippen MR) is 158 cm³/mol.